The van der Waals surface area contributed by atoms with Gasteiger partial charge in [0, 0.05) is 37.2 Å². The maximum Gasteiger partial charge on any atom is 0.0467 e. The minimum atomic E-state index is 1.09. The fraction of sp³-hybridized carbons (Fsp3) is 0. The molecule has 318 valence electrons. The van der Waals surface area contributed by atoms with Crippen LogP contribution in [0.2, 0.25) is 0 Å². The van der Waals surface area contributed by atoms with Gasteiger partial charge in [0.25, 0.3) is 0 Å². The van der Waals surface area contributed by atoms with Crippen LogP contribution in [-0.2, 0) is 0 Å². The van der Waals surface area contributed by atoms with Gasteiger partial charge in [0.2, 0.25) is 0 Å². The monoisotopic (exact) mass is 881 g/mol. The number of hydrogen-bond donors (Lipinski definition) is 0. The Morgan fingerprint density at radius 2 is 0.765 bits per heavy atom. The van der Waals surface area contributed by atoms with Gasteiger partial charge in [-0.1, -0.05) is 206 Å². The van der Waals surface area contributed by atoms with Gasteiger partial charge >= 0.3 is 0 Å². The lowest BCUT2D eigenvalue weighted by Gasteiger charge is -2.26. The first-order chi connectivity index (χ1) is 33.7. The van der Waals surface area contributed by atoms with Crippen LogP contribution in [0, 0.1) is 0 Å². The first-order valence-electron chi connectivity index (χ1n) is 23.3. The molecule has 0 N–H and O–H groups in total. The molecule has 0 fully saturated rings. The molecule has 13 aromatic rings. The minimum absolute atomic E-state index is 1.09. The number of thiophene rings is 1. The van der Waals surface area contributed by atoms with E-state index >= 15 is 0 Å². The SMILES string of the molecule is c1ccc(-c2c(-c3ccccc3)c3cc(-c4cccc(N(c5ccc(-c6ccc7ccccc7c6)cc5)c5ccc(-c6cccc7c6sc6ccccc67)cc5)c4)ccc3c3ccccc23)cc1. The number of anilines is 3. The van der Waals surface area contributed by atoms with E-state index in [4.69, 9.17) is 0 Å². The van der Waals surface area contributed by atoms with Crippen molar-refractivity contribution in [2.45, 2.75) is 0 Å². The second-order valence-corrected chi connectivity index (χ2v) is 18.7. The van der Waals surface area contributed by atoms with E-state index in [0.29, 0.717) is 0 Å². The Labute approximate surface area is 400 Å². The summed E-state index contributed by atoms with van der Waals surface area (Å²) in [5, 5.41) is 10.1. The highest BCUT2D eigenvalue weighted by molar-refractivity contribution is 7.26. The highest BCUT2D eigenvalue weighted by Gasteiger charge is 2.20. The zero-order valence-electron chi connectivity index (χ0n) is 37.2. The molecular weight excluding hydrogens is 839 g/mol. The van der Waals surface area contributed by atoms with Crippen LogP contribution < -0.4 is 4.90 Å². The van der Waals surface area contributed by atoms with Gasteiger partial charge < -0.3 is 4.90 Å². The normalized spacial score (nSPS) is 11.5. The lowest BCUT2D eigenvalue weighted by atomic mass is 9.84. The molecule has 0 amide bonds. The van der Waals surface area contributed by atoms with E-state index < -0.39 is 0 Å². The molecule has 13 rings (SSSR count). The molecule has 1 nitrogen and oxygen atoms in total. The van der Waals surface area contributed by atoms with Crippen LogP contribution in [0.15, 0.2) is 261 Å². The number of rotatable bonds is 8. The van der Waals surface area contributed by atoms with Crippen molar-refractivity contribution in [2.24, 2.45) is 0 Å². The van der Waals surface area contributed by atoms with Crippen molar-refractivity contribution in [1.82, 2.24) is 0 Å². The highest BCUT2D eigenvalue weighted by atomic mass is 32.1. The third-order valence-corrected chi connectivity index (χ3v) is 14.9. The van der Waals surface area contributed by atoms with E-state index in [1.54, 1.807) is 0 Å². The zero-order chi connectivity index (χ0) is 45.0. The van der Waals surface area contributed by atoms with Gasteiger partial charge in [-0.05, 0) is 143 Å². The molecule has 0 unspecified atom stereocenters. The summed E-state index contributed by atoms with van der Waals surface area (Å²) in [7, 11) is 0. The van der Waals surface area contributed by atoms with E-state index in [1.807, 2.05) is 11.3 Å². The predicted octanol–water partition coefficient (Wildman–Crippen LogP) is 19.3. The Balaban J connectivity index is 0.955. The lowest BCUT2D eigenvalue weighted by molar-refractivity contribution is 1.28. The van der Waals surface area contributed by atoms with Gasteiger partial charge in [0.1, 0.15) is 0 Å². The van der Waals surface area contributed by atoms with Gasteiger partial charge in [-0.25, -0.2) is 0 Å². The molecule has 0 atom stereocenters. The topological polar surface area (TPSA) is 3.24 Å². The molecule has 0 saturated carbocycles. The fourth-order valence-electron chi connectivity index (χ4n) is 10.4. The van der Waals surface area contributed by atoms with E-state index in [2.05, 4.69) is 266 Å². The summed E-state index contributed by atoms with van der Waals surface area (Å²) in [5.41, 5.74) is 15.4. The summed E-state index contributed by atoms with van der Waals surface area (Å²) in [6.45, 7) is 0. The summed E-state index contributed by atoms with van der Waals surface area (Å²) in [6.07, 6.45) is 0. The van der Waals surface area contributed by atoms with Gasteiger partial charge in [-0.2, -0.15) is 0 Å². The number of nitrogens with zero attached hydrogens (tertiary/aromatic N) is 1. The van der Waals surface area contributed by atoms with Crippen LogP contribution >= 0.6 is 11.3 Å². The second-order valence-electron chi connectivity index (χ2n) is 17.6. The molecule has 0 bridgehead atoms. The molecule has 0 spiro atoms. The summed E-state index contributed by atoms with van der Waals surface area (Å²) in [4.78, 5) is 2.40. The Kier molecular flexibility index (Phi) is 9.77. The van der Waals surface area contributed by atoms with E-state index in [9.17, 15) is 0 Å². The molecule has 68 heavy (non-hydrogen) atoms. The Bertz CT molecular complexity index is 4000. The van der Waals surface area contributed by atoms with Crippen molar-refractivity contribution < 1.29 is 0 Å². The molecule has 0 aliphatic carbocycles. The van der Waals surface area contributed by atoms with Crippen LogP contribution in [0.1, 0.15) is 0 Å². The second kappa shape index (κ2) is 16.7. The first kappa shape index (κ1) is 39.8. The maximum atomic E-state index is 2.42. The predicted molar refractivity (Wildman–Crippen MR) is 294 cm³/mol. The van der Waals surface area contributed by atoms with Crippen LogP contribution in [0.5, 0.6) is 0 Å². The van der Waals surface area contributed by atoms with Gasteiger partial charge in [0.05, 0.1) is 0 Å². The summed E-state index contributed by atoms with van der Waals surface area (Å²) < 4.78 is 2.64. The summed E-state index contributed by atoms with van der Waals surface area (Å²) >= 11 is 1.88. The average Bonchev–Trinajstić information content (AvgIpc) is 3.80. The van der Waals surface area contributed by atoms with E-state index in [1.165, 1.54) is 103 Å². The van der Waals surface area contributed by atoms with E-state index in [-0.39, 0.29) is 0 Å². The third-order valence-electron chi connectivity index (χ3n) is 13.6. The standard InChI is InChI=1S/C66H43NS/c1-3-16-47(17-4-1)64-60-25-10-9-23-57(60)58-40-35-52(43-62(58)65(64)48-18-5-2-6-19-48)50-21-13-22-55(42-50)67(53-36-31-45(32-37-53)51-30-29-44-15-7-8-20-49(44)41-51)54-38-33-46(34-39-54)56-26-14-27-61-59-24-11-12-28-63(59)68-66(56)61/h1-43H. The Morgan fingerprint density at radius 3 is 1.51 bits per heavy atom. The number of benzene rings is 12. The number of fused-ring (bicyclic) bond motifs is 7. The minimum Gasteiger partial charge on any atom is -0.310 e. The van der Waals surface area contributed by atoms with Crippen molar-refractivity contribution in [3.8, 4) is 55.6 Å². The van der Waals surface area contributed by atoms with Crippen LogP contribution in [-0.4, -0.2) is 0 Å². The summed E-state index contributed by atoms with van der Waals surface area (Å²) in [5.74, 6) is 0. The third kappa shape index (κ3) is 6.93. The summed E-state index contributed by atoms with van der Waals surface area (Å²) in [6, 6.07) is 95.7. The quantitative estimate of drug-likeness (QED) is 0.137. The fourth-order valence-corrected chi connectivity index (χ4v) is 11.6. The van der Waals surface area contributed by atoms with Crippen molar-refractivity contribution in [2.75, 3.05) is 4.90 Å². The Morgan fingerprint density at radius 1 is 0.250 bits per heavy atom. The van der Waals surface area contributed by atoms with Crippen molar-refractivity contribution in [1.29, 1.82) is 0 Å². The number of hydrogen-bond acceptors (Lipinski definition) is 2. The van der Waals surface area contributed by atoms with Gasteiger partial charge in [-0.15, -0.1) is 11.3 Å². The molecular formula is C66H43NS. The smallest absolute Gasteiger partial charge is 0.0467 e. The molecule has 0 aliphatic heterocycles. The van der Waals surface area contributed by atoms with Crippen LogP contribution in [0.25, 0.3) is 108 Å². The molecule has 0 radical (unpaired) electrons. The van der Waals surface area contributed by atoms with Crippen molar-refractivity contribution in [3.63, 3.8) is 0 Å². The maximum absolute atomic E-state index is 2.42. The van der Waals surface area contributed by atoms with E-state index in [0.717, 1.165) is 22.6 Å². The zero-order valence-corrected chi connectivity index (χ0v) is 38.0. The van der Waals surface area contributed by atoms with Gasteiger partial charge in [-0.3, -0.25) is 0 Å². The first-order valence-corrected chi connectivity index (χ1v) is 24.1. The molecule has 0 saturated heterocycles. The van der Waals surface area contributed by atoms with Crippen LogP contribution in [0.3, 0.4) is 0 Å². The average molecular weight is 882 g/mol. The Hall–Kier alpha value is -8.56. The van der Waals surface area contributed by atoms with Crippen molar-refractivity contribution >= 4 is 80.9 Å². The molecule has 2 heteroatoms. The molecule has 12 aromatic carbocycles. The molecule has 1 heterocycles. The lowest BCUT2D eigenvalue weighted by Crippen LogP contribution is -2.10. The largest absolute Gasteiger partial charge is 0.310 e. The molecule has 0 aliphatic rings. The highest BCUT2D eigenvalue weighted by Crippen LogP contribution is 2.47. The van der Waals surface area contributed by atoms with Crippen molar-refractivity contribution in [3.05, 3.63) is 261 Å². The molecule has 1 aromatic heterocycles. The van der Waals surface area contributed by atoms with Gasteiger partial charge in [0.15, 0.2) is 0 Å². The van der Waals surface area contributed by atoms with Crippen LogP contribution in [0.4, 0.5) is 17.1 Å².